The van der Waals surface area contributed by atoms with Gasteiger partial charge in [0, 0.05) is 36.8 Å². The average molecular weight is 449 g/mol. The lowest BCUT2D eigenvalue weighted by atomic mass is 9.96. The summed E-state index contributed by atoms with van der Waals surface area (Å²) in [6, 6.07) is 15.7. The normalized spacial score (nSPS) is 19.6. The molecule has 3 amide bonds. The number of nitrogens with zero attached hydrogens (tertiary/aromatic N) is 2. The fraction of sp³-hybridized carbons (Fsp3) is 0.423. The first-order valence-electron chi connectivity index (χ1n) is 11.7. The second-order valence-corrected chi connectivity index (χ2v) is 9.20. The Labute approximate surface area is 194 Å². The number of carbonyl (C=O) groups excluding carboxylic acids is 3. The minimum Gasteiger partial charge on any atom is -0.369 e. The van der Waals surface area contributed by atoms with E-state index in [-0.39, 0.29) is 36.0 Å². The maximum atomic E-state index is 12.8. The summed E-state index contributed by atoms with van der Waals surface area (Å²) in [5, 5.41) is 2.96. The molecule has 2 heterocycles. The predicted molar refractivity (Wildman–Crippen MR) is 129 cm³/mol. The van der Waals surface area contributed by atoms with E-state index in [0.29, 0.717) is 6.54 Å². The Morgan fingerprint density at radius 2 is 1.67 bits per heavy atom. The van der Waals surface area contributed by atoms with Crippen LogP contribution in [0.1, 0.15) is 30.4 Å². The van der Waals surface area contributed by atoms with E-state index in [1.54, 1.807) is 4.90 Å². The first-order valence-corrected chi connectivity index (χ1v) is 11.7. The molecule has 0 saturated carbocycles. The fourth-order valence-corrected chi connectivity index (χ4v) is 4.58. The highest BCUT2D eigenvalue weighted by molar-refractivity contribution is 6.03. The summed E-state index contributed by atoms with van der Waals surface area (Å²) in [6.07, 6.45) is 2.82. The van der Waals surface area contributed by atoms with Gasteiger partial charge in [-0.05, 0) is 69.1 Å². The van der Waals surface area contributed by atoms with Crippen LogP contribution < -0.4 is 16.0 Å². The van der Waals surface area contributed by atoms with Gasteiger partial charge < -0.3 is 20.9 Å². The molecule has 1 unspecified atom stereocenters. The van der Waals surface area contributed by atoms with Gasteiger partial charge in [-0.3, -0.25) is 14.4 Å². The zero-order valence-corrected chi connectivity index (χ0v) is 19.1. The molecule has 2 fully saturated rings. The van der Waals surface area contributed by atoms with Gasteiger partial charge in [0.05, 0.1) is 5.92 Å². The topological polar surface area (TPSA) is 95.7 Å². The third-order valence-electron chi connectivity index (χ3n) is 6.77. The molecule has 0 aromatic heterocycles. The summed E-state index contributed by atoms with van der Waals surface area (Å²) in [4.78, 5) is 40.6. The quantitative estimate of drug-likeness (QED) is 0.681. The van der Waals surface area contributed by atoms with Gasteiger partial charge in [0.2, 0.25) is 17.7 Å². The second-order valence-electron chi connectivity index (χ2n) is 9.20. The number of piperidine rings is 1. The van der Waals surface area contributed by atoms with E-state index in [0.717, 1.165) is 55.8 Å². The molecular formula is C26H32N4O3. The Balaban J connectivity index is 1.25. The summed E-state index contributed by atoms with van der Waals surface area (Å²) in [7, 11) is 0. The lowest BCUT2D eigenvalue weighted by Gasteiger charge is -2.30. The van der Waals surface area contributed by atoms with Crippen molar-refractivity contribution in [3.63, 3.8) is 0 Å². The molecule has 4 rings (SSSR count). The third kappa shape index (κ3) is 5.79. The maximum Gasteiger partial charge on any atom is 0.229 e. The van der Waals surface area contributed by atoms with Gasteiger partial charge in [0.15, 0.2) is 0 Å². The first kappa shape index (κ1) is 23.0. The van der Waals surface area contributed by atoms with Crippen LogP contribution in [0.25, 0.3) is 0 Å². The number of carbonyl (C=O) groups is 3. The van der Waals surface area contributed by atoms with Crippen LogP contribution in [-0.2, 0) is 20.8 Å². The molecule has 2 saturated heterocycles. The van der Waals surface area contributed by atoms with Crippen LogP contribution in [0.15, 0.2) is 48.5 Å². The van der Waals surface area contributed by atoms with Gasteiger partial charge in [-0.15, -0.1) is 0 Å². The molecule has 0 bridgehead atoms. The number of aryl methyl sites for hydroxylation is 1. The molecule has 174 valence electrons. The van der Waals surface area contributed by atoms with Crippen LogP contribution in [-0.4, -0.2) is 48.8 Å². The molecule has 2 aromatic rings. The molecular weight excluding hydrogens is 416 g/mol. The van der Waals surface area contributed by atoms with Crippen molar-refractivity contribution in [2.24, 2.45) is 17.6 Å². The van der Waals surface area contributed by atoms with Crippen LogP contribution in [0, 0.1) is 18.8 Å². The zero-order chi connectivity index (χ0) is 23.4. The Morgan fingerprint density at radius 3 is 2.30 bits per heavy atom. The zero-order valence-electron chi connectivity index (χ0n) is 19.1. The Kier molecular flexibility index (Phi) is 7.08. The van der Waals surface area contributed by atoms with Crippen molar-refractivity contribution in [1.82, 2.24) is 4.90 Å². The molecule has 2 aliphatic heterocycles. The Bertz CT molecular complexity index is 995. The number of benzene rings is 2. The van der Waals surface area contributed by atoms with E-state index >= 15 is 0 Å². The Morgan fingerprint density at radius 1 is 1.00 bits per heavy atom. The van der Waals surface area contributed by atoms with Crippen molar-refractivity contribution in [3.05, 3.63) is 59.7 Å². The highest BCUT2D eigenvalue weighted by Crippen LogP contribution is 2.26. The van der Waals surface area contributed by atoms with Gasteiger partial charge in [-0.2, -0.15) is 0 Å². The first-order chi connectivity index (χ1) is 15.9. The van der Waals surface area contributed by atoms with E-state index in [1.807, 2.05) is 55.5 Å². The predicted octanol–water partition coefficient (Wildman–Crippen LogP) is 2.73. The number of hydrogen-bond acceptors (Lipinski definition) is 4. The number of nitrogens with one attached hydrogen (secondary N) is 1. The third-order valence-corrected chi connectivity index (χ3v) is 6.77. The molecule has 0 radical (unpaired) electrons. The number of anilines is 2. The van der Waals surface area contributed by atoms with Crippen LogP contribution in [0.3, 0.4) is 0 Å². The van der Waals surface area contributed by atoms with E-state index in [9.17, 15) is 14.4 Å². The largest absolute Gasteiger partial charge is 0.369 e. The lowest BCUT2D eigenvalue weighted by molar-refractivity contribution is -0.123. The van der Waals surface area contributed by atoms with Gasteiger partial charge in [0.25, 0.3) is 0 Å². The summed E-state index contributed by atoms with van der Waals surface area (Å²) >= 11 is 0. The molecule has 3 N–H and O–H groups in total. The molecule has 1 atom stereocenters. The van der Waals surface area contributed by atoms with Crippen molar-refractivity contribution < 1.29 is 14.4 Å². The molecule has 0 spiro atoms. The van der Waals surface area contributed by atoms with Crippen molar-refractivity contribution in [3.8, 4) is 0 Å². The monoisotopic (exact) mass is 448 g/mol. The van der Waals surface area contributed by atoms with Gasteiger partial charge >= 0.3 is 0 Å². The number of hydrogen-bond donors (Lipinski definition) is 2. The van der Waals surface area contributed by atoms with E-state index in [1.165, 1.54) is 5.56 Å². The Hall–Kier alpha value is -3.19. The number of primary amides is 1. The minimum atomic E-state index is -0.359. The highest BCUT2D eigenvalue weighted by atomic mass is 16.2. The number of amides is 3. The molecule has 33 heavy (non-hydrogen) atoms. The van der Waals surface area contributed by atoms with Gasteiger partial charge in [-0.1, -0.05) is 29.8 Å². The summed E-state index contributed by atoms with van der Waals surface area (Å²) in [6.45, 7) is 5.16. The standard InChI is InChI=1S/C26H32N4O3/c1-18-2-8-23(9-3-18)30-17-21(16-24(30)31)26(33)28-22-6-4-19(5-7-22)10-13-29-14-11-20(12-15-29)25(27)32/h2-9,20-21H,10-17H2,1H3,(H2,27,32)(H,28,33). The maximum absolute atomic E-state index is 12.8. The van der Waals surface area contributed by atoms with Crippen LogP contribution >= 0.6 is 0 Å². The number of likely N-dealkylation sites (tertiary alicyclic amines) is 1. The van der Waals surface area contributed by atoms with Crippen molar-refractivity contribution >= 4 is 29.1 Å². The summed E-state index contributed by atoms with van der Waals surface area (Å²) in [5.74, 6) is -0.667. The molecule has 7 nitrogen and oxygen atoms in total. The molecule has 7 heteroatoms. The lowest BCUT2D eigenvalue weighted by Crippen LogP contribution is -2.39. The van der Waals surface area contributed by atoms with E-state index < -0.39 is 0 Å². The van der Waals surface area contributed by atoms with Crippen molar-refractivity contribution in [2.75, 3.05) is 36.4 Å². The van der Waals surface area contributed by atoms with E-state index in [4.69, 9.17) is 5.73 Å². The molecule has 2 aliphatic rings. The van der Waals surface area contributed by atoms with Crippen LogP contribution in [0.5, 0.6) is 0 Å². The van der Waals surface area contributed by atoms with Gasteiger partial charge in [0.1, 0.15) is 0 Å². The SMILES string of the molecule is Cc1ccc(N2CC(C(=O)Nc3ccc(CCN4CCC(C(N)=O)CC4)cc3)CC2=O)cc1. The van der Waals surface area contributed by atoms with Crippen LogP contribution in [0.2, 0.25) is 0 Å². The smallest absolute Gasteiger partial charge is 0.229 e. The molecule has 2 aromatic carbocycles. The number of nitrogens with two attached hydrogens (primary N) is 1. The number of rotatable bonds is 7. The minimum absolute atomic E-state index is 0.0169. The summed E-state index contributed by atoms with van der Waals surface area (Å²) < 4.78 is 0. The average Bonchev–Trinajstić information content (AvgIpc) is 3.21. The molecule has 0 aliphatic carbocycles. The van der Waals surface area contributed by atoms with Crippen LogP contribution in [0.4, 0.5) is 11.4 Å². The van der Waals surface area contributed by atoms with E-state index in [2.05, 4.69) is 10.2 Å². The van der Waals surface area contributed by atoms with Crippen molar-refractivity contribution in [1.29, 1.82) is 0 Å². The summed E-state index contributed by atoms with van der Waals surface area (Å²) in [5.41, 5.74) is 9.32. The second kappa shape index (κ2) is 10.2. The van der Waals surface area contributed by atoms with Gasteiger partial charge in [-0.25, -0.2) is 0 Å². The van der Waals surface area contributed by atoms with Crippen molar-refractivity contribution in [2.45, 2.75) is 32.6 Å². The fourth-order valence-electron chi connectivity index (χ4n) is 4.58. The highest BCUT2D eigenvalue weighted by Gasteiger charge is 2.35.